The maximum atomic E-state index is 14.7. The van der Waals surface area contributed by atoms with E-state index in [1.54, 1.807) is 6.08 Å². The largest absolute Gasteiger partial charge is 0.490 e. The maximum Gasteiger partial charge on any atom is 0.207 e. The lowest BCUT2D eigenvalue weighted by Gasteiger charge is -2.28. The van der Waals surface area contributed by atoms with Crippen molar-refractivity contribution in [3.63, 3.8) is 0 Å². The molecule has 2 aliphatic heterocycles. The van der Waals surface area contributed by atoms with Crippen molar-refractivity contribution in [2.75, 3.05) is 19.8 Å². The number of hydrogen-bond donors (Lipinski definition) is 0. The zero-order chi connectivity index (χ0) is 22.5. The molecule has 2 heterocycles. The van der Waals surface area contributed by atoms with Crippen molar-refractivity contribution in [3.05, 3.63) is 84.7 Å². The van der Waals surface area contributed by atoms with E-state index in [0.717, 1.165) is 12.8 Å². The number of ether oxygens (including phenoxy) is 4. The van der Waals surface area contributed by atoms with Crippen LogP contribution in [0.25, 0.3) is 0 Å². The molecule has 0 amide bonds. The van der Waals surface area contributed by atoms with Gasteiger partial charge in [-0.15, -0.1) is 6.58 Å². The minimum atomic E-state index is -1.26. The fourth-order valence-electron chi connectivity index (χ4n) is 3.37. The predicted octanol–water partition coefficient (Wildman–Crippen LogP) is 5.71. The first-order valence-corrected chi connectivity index (χ1v) is 9.92. The molecule has 2 unspecified atom stereocenters. The summed E-state index contributed by atoms with van der Waals surface area (Å²) in [7, 11) is 0. The van der Waals surface area contributed by atoms with Crippen LogP contribution in [0.15, 0.2) is 67.5 Å². The highest BCUT2D eigenvalue weighted by Gasteiger charge is 2.30. The Hall–Kier alpha value is -2.93. The molecule has 0 N–H and O–H groups in total. The number of rotatable bonds is 8. The van der Waals surface area contributed by atoms with Crippen molar-refractivity contribution < 1.29 is 32.1 Å². The van der Waals surface area contributed by atoms with E-state index in [0.29, 0.717) is 12.2 Å². The van der Waals surface area contributed by atoms with E-state index in [9.17, 15) is 13.2 Å². The van der Waals surface area contributed by atoms with E-state index in [2.05, 4.69) is 26.3 Å². The Morgan fingerprint density at radius 2 is 2.00 bits per heavy atom. The van der Waals surface area contributed by atoms with Gasteiger partial charge in [0.25, 0.3) is 0 Å². The molecule has 0 spiro atoms. The first kappa shape index (κ1) is 22.7. The van der Waals surface area contributed by atoms with Gasteiger partial charge in [-0.1, -0.05) is 31.9 Å². The summed E-state index contributed by atoms with van der Waals surface area (Å²) in [5, 5.41) is 0. The summed E-state index contributed by atoms with van der Waals surface area (Å²) < 4.78 is 65.5. The van der Waals surface area contributed by atoms with Crippen molar-refractivity contribution in [2.45, 2.75) is 25.4 Å². The van der Waals surface area contributed by atoms with E-state index < -0.39 is 23.2 Å². The van der Waals surface area contributed by atoms with Crippen molar-refractivity contribution >= 4 is 0 Å². The van der Waals surface area contributed by atoms with Gasteiger partial charge in [-0.05, 0) is 24.5 Å². The van der Waals surface area contributed by atoms with Gasteiger partial charge < -0.3 is 18.9 Å². The minimum absolute atomic E-state index is 0.0123. The monoisotopic (exact) mass is 434 g/mol. The Morgan fingerprint density at radius 3 is 2.65 bits per heavy atom. The van der Waals surface area contributed by atoms with Gasteiger partial charge >= 0.3 is 0 Å². The first-order chi connectivity index (χ1) is 14.8. The molecule has 3 rings (SSSR count). The molecule has 0 saturated carbocycles. The van der Waals surface area contributed by atoms with Crippen LogP contribution in [0.1, 0.15) is 18.4 Å². The van der Waals surface area contributed by atoms with Crippen LogP contribution in [0.2, 0.25) is 0 Å². The van der Waals surface area contributed by atoms with Gasteiger partial charge in [-0.2, -0.15) is 13.2 Å². The summed E-state index contributed by atoms with van der Waals surface area (Å²) in [4.78, 5) is 0. The predicted molar refractivity (Wildman–Crippen MR) is 111 cm³/mol. The fourth-order valence-corrected chi connectivity index (χ4v) is 3.37. The fraction of sp³-hybridized carbons (Fsp3) is 0.333. The van der Waals surface area contributed by atoms with Gasteiger partial charge in [0.05, 0.1) is 19.3 Å². The van der Waals surface area contributed by atoms with E-state index in [4.69, 9.17) is 18.9 Å². The summed E-state index contributed by atoms with van der Waals surface area (Å²) in [5.74, 6) is -4.63. The van der Waals surface area contributed by atoms with E-state index >= 15 is 0 Å². The zero-order valence-corrected chi connectivity index (χ0v) is 17.2. The molecule has 166 valence electrons. The standard InChI is InChI=1S/C24H25F3O4/c1-5-9-28-15(4)20(25)23-14(3)10-17-11-19(21(26)22(27)24(17)31-23)30-13-16-7-8-18(6-2)29-12-16/h5-6,11,16,18H,1-4,7-10,12-13H2/b23-20-. The summed E-state index contributed by atoms with van der Waals surface area (Å²) >= 11 is 0. The van der Waals surface area contributed by atoms with Gasteiger partial charge in [0.15, 0.2) is 23.0 Å². The van der Waals surface area contributed by atoms with Gasteiger partial charge in [0, 0.05) is 17.9 Å². The second kappa shape index (κ2) is 9.92. The summed E-state index contributed by atoms with van der Waals surface area (Å²) in [6.45, 7) is 15.1. The number of hydrogen-bond acceptors (Lipinski definition) is 4. The van der Waals surface area contributed by atoms with Gasteiger partial charge in [-0.3, -0.25) is 0 Å². The van der Waals surface area contributed by atoms with E-state index in [1.807, 2.05) is 0 Å². The topological polar surface area (TPSA) is 36.9 Å². The van der Waals surface area contributed by atoms with Crippen LogP contribution in [0, 0.1) is 17.6 Å². The number of fused-ring (bicyclic) bond motifs is 1. The molecule has 1 aromatic rings. The molecule has 7 heteroatoms. The molecule has 2 atom stereocenters. The highest BCUT2D eigenvalue weighted by Crippen LogP contribution is 2.41. The number of halogens is 3. The molecule has 4 nitrogen and oxygen atoms in total. The van der Waals surface area contributed by atoms with Crippen molar-refractivity contribution in [1.82, 2.24) is 0 Å². The highest BCUT2D eigenvalue weighted by molar-refractivity contribution is 5.52. The quantitative estimate of drug-likeness (QED) is 0.388. The molecule has 1 aromatic carbocycles. The zero-order valence-electron chi connectivity index (χ0n) is 17.2. The third-order valence-electron chi connectivity index (χ3n) is 5.10. The van der Waals surface area contributed by atoms with Gasteiger partial charge in [0.1, 0.15) is 6.61 Å². The second-order valence-corrected chi connectivity index (χ2v) is 7.40. The van der Waals surface area contributed by atoms with Gasteiger partial charge in [-0.25, -0.2) is 0 Å². The Balaban J connectivity index is 1.76. The highest BCUT2D eigenvalue weighted by atomic mass is 19.2. The van der Waals surface area contributed by atoms with Crippen LogP contribution in [0.3, 0.4) is 0 Å². The third kappa shape index (κ3) is 5.05. The summed E-state index contributed by atoms with van der Waals surface area (Å²) in [6, 6.07) is 1.35. The molecule has 31 heavy (non-hydrogen) atoms. The first-order valence-electron chi connectivity index (χ1n) is 9.92. The minimum Gasteiger partial charge on any atom is -0.490 e. The Kier molecular flexibility index (Phi) is 7.28. The Bertz CT molecular complexity index is 927. The van der Waals surface area contributed by atoms with Gasteiger partial charge in [0.2, 0.25) is 17.5 Å². The SMILES string of the molecule is C=CCOC(=C)/C(F)=C1/Oc2c(cc(OCC3CCC(C=C)OC3)c(F)c2F)CC1=C. The van der Waals surface area contributed by atoms with E-state index in [-0.39, 0.29) is 54.5 Å². The molecule has 0 radical (unpaired) electrons. The lowest BCUT2D eigenvalue weighted by Crippen LogP contribution is -2.28. The lowest BCUT2D eigenvalue weighted by molar-refractivity contribution is -0.00333. The van der Waals surface area contributed by atoms with Crippen LogP contribution < -0.4 is 9.47 Å². The summed E-state index contributed by atoms with van der Waals surface area (Å²) in [5.41, 5.74) is 0.543. The lowest BCUT2D eigenvalue weighted by atomic mass is 9.98. The molecule has 0 bridgehead atoms. The smallest absolute Gasteiger partial charge is 0.207 e. The van der Waals surface area contributed by atoms with Crippen molar-refractivity contribution in [1.29, 1.82) is 0 Å². The molecule has 0 aliphatic carbocycles. The molecule has 2 aliphatic rings. The van der Waals surface area contributed by atoms with Crippen LogP contribution in [0.4, 0.5) is 13.2 Å². The molecule has 1 fully saturated rings. The average Bonchev–Trinajstić information content (AvgIpc) is 2.78. The molecular formula is C24H25F3O4. The van der Waals surface area contributed by atoms with Crippen LogP contribution >= 0.6 is 0 Å². The number of allylic oxidation sites excluding steroid dienone is 2. The van der Waals surface area contributed by atoms with Crippen molar-refractivity contribution in [2.24, 2.45) is 5.92 Å². The van der Waals surface area contributed by atoms with E-state index in [1.165, 1.54) is 12.1 Å². The normalized spacial score (nSPS) is 22.1. The van der Waals surface area contributed by atoms with Crippen LogP contribution in [0.5, 0.6) is 11.5 Å². The molecule has 0 aromatic heterocycles. The van der Waals surface area contributed by atoms with Crippen LogP contribution in [-0.4, -0.2) is 25.9 Å². The van der Waals surface area contributed by atoms with Crippen LogP contribution in [-0.2, 0) is 15.9 Å². The third-order valence-corrected chi connectivity index (χ3v) is 5.10. The summed E-state index contributed by atoms with van der Waals surface area (Å²) in [6.07, 6.45) is 4.86. The Labute approximate surface area is 179 Å². The molecular weight excluding hydrogens is 409 g/mol. The maximum absolute atomic E-state index is 14.7. The Morgan fingerprint density at radius 1 is 1.23 bits per heavy atom. The number of benzene rings is 1. The second-order valence-electron chi connectivity index (χ2n) is 7.40. The average molecular weight is 434 g/mol. The molecule has 1 saturated heterocycles. The van der Waals surface area contributed by atoms with Crippen molar-refractivity contribution in [3.8, 4) is 11.5 Å².